The Hall–Kier alpha value is -1.85. The van der Waals surface area contributed by atoms with Gasteiger partial charge in [0.25, 0.3) is 0 Å². The van der Waals surface area contributed by atoms with Gasteiger partial charge in [-0.05, 0) is 37.8 Å². The number of hydrogen-bond acceptors (Lipinski definition) is 3. The van der Waals surface area contributed by atoms with E-state index in [0.29, 0.717) is 31.4 Å². The first-order valence-electron chi connectivity index (χ1n) is 7.81. The summed E-state index contributed by atoms with van der Waals surface area (Å²) in [5.41, 5.74) is -0.172. The highest BCUT2D eigenvalue weighted by atomic mass is 19.4. The summed E-state index contributed by atoms with van der Waals surface area (Å²) in [7, 11) is 0. The van der Waals surface area contributed by atoms with Crippen LogP contribution in [-0.4, -0.2) is 17.6 Å². The van der Waals surface area contributed by atoms with Crippen molar-refractivity contribution in [3.8, 4) is 0 Å². The Kier molecular flexibility index (Phi) is 7.26. The molecule has 1 heterocycles. The van der Waals surface area contributed by atoms with Crippen LogP contribution in [0.4, 0.5) is 13.2 Å². The van der Waals surface area contributed by atoms with Crippen molar-refractivity contribution in [3.63, 3.8) is 0 Å². The largest absolute Gasteiger partial charge is 0.466 e. The minimum atomic E-state index is -4.48. The summed E-state index contributed by atoms with van der Waals surface area (Å²) < 4.78 is 43.8. The molecule has 6 heteroatoms. The lowest BCUT2D eigenvalue weighted by molar-refractivity contribution is -0.148. The summed E-state index contributed by atoms with van der Waals surface area (Å²) in [5, 5.41) is 0. The summed E-state index contributed by atoms with van der Waals surface area (Å²) in [6, 6.07) is 2.91. The predicted octanol–water partition coefficient (Wildman–Crippen LogP) is 4.87. The molecule has 0 saturated carbocycles. The number of hydrogen-bond donors (Lipinski definition) is 0. The number of esters is 1. The van der Waals surface area contributed by atoms with E-state index in [9.17, 15) is 18.0 Å². The second-order valence-corrected chi connectivity index (χ2v) is 4.85. The number of carbonyl (C=O) groups excluding carboxylic acids is 1. The monoisotopic (exact) mass is 329 g/mol. The van der Waals surface area contributed by atoms with Crippen LogP contribution in [0.2, 0.25) is 0 Å². The van der Waals surface area contributed by atoms with Crippen LogP contribution in [0, 0.1) is 5.92 Å². The van der Waals surface area contributed by atoms with Crippen molar-refractivity contribution in [3.05, 3.63) is 35.7 Å². The van der Waals surface area contributed by atoms with Gasteiger partial charge in [0.15, 0.2) is 5.69 Å². The van der Waals surface area contributed by atoms with Crippen molar-refractivity contribution < 1.29 is 22.7 Å². The average Bonchev–Trinajstić information content (AvgIpc) is 2.56. The Bertz CT molecular complexity index is 553. The van der Waals surface area contributed by atoms with E-state index in [-0.39, 0.29) is 17.5 Å². The molecule has 0 spiro atoms. The highest BCUT2D eigenvalue weighted by Crippen LogP contribution is 2.37. The summed E-state index contributed by atoms with van der Waals surface area (Å²) in [5.74, 6) is -0.547. The van der Waals surface area contributed by atoms with Crippen LogP contribution in [0.25, 0.3) is 5.57 Å². The lowest BCUT2D eigenvalue weighted by atomic mass is 9.86. The predicted molar refractivity (Wildman–Crippen MR) is 82.5 cm³/mol. The maximum Gasteiger partial charge on any atom is 0.433 e. The molecule has 0 aromatic carbocycles. The Balaban J connectivity index is 0.00000127. The summed E-state index contributed by atoms with van der Waals surface area (Å²) in [6.45, 7) is 6.04. The molecule has 0 saturated heterocycles. The number of ether oxygens (including phenoxy) is 1. The summed E-state index contributed by atoms with van der Waals surface area (Å²) in [6.07, 6.45) is -0.334. The maximum atomic E-state index is 12.9. The van der Waals surface area contributed by atoms with Crippen molar-refractivity contribution in [2.75, 3.05) is 6.61 Å². The molecule has 1 unspecified atom stereocenters. The molecule has 1 aliphatic rings. The molecule has 0 N–H and O–H groups in total. The molecular formula is C17H22F3NO2. The lowest BCUT2D eigenvalue weighted by Gasteiger charge is -2.22. The van der Waals surface area contributed by atoms with E-state index in [4.69, 9.17) is 4.74 Å². The van der Waals surface area contributed by atoms with Gasteiger partial charge in [-0.15, -0.1) is 0 Å². The van der Waals surface area contributed by atoms with E-state index >= 15 is 0 Å². The number of alkyl halides is 3. The zero-order valence-corrected chi connectivity index (χ0v) is 13.6. The number of pyridine rings is 1. The van der Waals surface area contributed by atoms with Crippen molar-refractivity contribution in [1.29, 1.82) is 0 Å². The third kappa shape index (κ3) is 5.08. The molecule has 0 radical (unpaired) electrons. The van der Waals surface area contributed by atoms with E-state index in [0.717, 1.165) is 6.20 Å². The van der Waals surface area contributed by atoms with Gasteiger partial charge in [0, 0.05) is 11.8 Å². The number of allylic oxidation sites excluding steroid dienone is 2. The Morgan fingerprint density at radius 1 is 1.39 bits per heavy atom. The fourth-order valence-corrected chi connectivity index (χ4v) is 2.44. The fraction of sp³-hybridized carbons (Fsp3) is 0.529. The number of rotatable bonds is 3. The molecule has 1 aliphatic carbocycles. The second-order valence-electron chi connectivity index (χ2n) is 4.85. The molecule has 128 valence electrons. The quantitative estimate of drug-likeness (QED) is 0.742. The number of halogens is 3. The Morgan fingerprint density at radius 3 is 2.61 bits per heavy atom. The summed E-state index contributed by atoms with van der Waals surface area (Å²) in [4.78, 5) is 15.1. The minimum absolute atomic E-state index is 0.104. The lowest BCUT2D eigenvalue weighted by Crippen LogP contribution is -2.20. The van der Waals surface area contributed by atoms with Gasteiger partial charge in [-0.2, -0.15) is 13.2 Å². The van der Waals surface area contributed by atoms with Gasteiger partial charge in [-0.1, -0.05) is 26.0 Å². The van der Waals surface area contributed by atoms with Gasteiger partial charge in [-0.3, -0.25) is 9.78 Å². The highest BCUT2D eigenvalue weighted by molar-refractivity contribution is 5.76. The third-order valence-electron chi connectivity index (χ3n) is 3.45. The van der Waals surface area contributed by atoms with E-state index in [1.54, 1.807) is 13.0 Å². The normalized spacial score (nSPS) is 17.7. The SMILES string of the molecule is CC.CCOC(=O)C1CC=C(c2cccnc2C(F)(F)F)CC1. The first-order chi connectivity index (χ1) is 10.9. The highest BCUT2D eigenvalue weighted by Gasteiger charge is 2.36. The van der Waals surface area contributed by atoms with Crippen LogP contribution >= 0.6 is 0 Å². The number of carbonyl (C=O) groups is 1. The third-order valence-corrected chi connectivity index (χ3v) is 3.45. The van der Waals surface area contributed by atoms with E-state index < -0.39 is 11.9 Å². The molecule has 1 aromatic heterocycles. The molecular weight excluding hydrogens is 307 g/mol. The zero-order valence-electron chi connectivity index (χ0n) is 13.6. The standard InChI is InChI=1S/C15H16F3NO2.C2H6/c1-2-21-14(20)11-7-5-10(6-8-11)12-4-3-9-19-13(12)15(16,17)18;1-2/h3-5,9,11H,2,6-8H2,1H3;1-2H3. The molecule has 3 nitrogen and oxygen atoms in total. The van der Waals surface area contributed by atoms with Crippen LogP contribution in [0.3, 0.4) is 0 Å². The van der Waals surface area contributed by atoms with Crippen LogP contribution in [-0.2, 0) is 15.7 Å². The fourth-order valence-electron chi connectivity index (χ4n) is 2.44. The molecule has 2 rings (SSSR count). The Labute approximate surface area is 134 Å². The molecule has 0 aliphatic heterocycles. The van der Waals surface area contributed by atoms with Crippen LogP contribution in [0.5, 0.6) is 0 Å². The maximum absolute atomic E-state index is 12.9. The van der Waals surface area contributed by atoms with Crippen LogP contribution < -0.4 is 0 Å². The van der Waals surface area contributed by atoms with Crippen molar-refractivity contribution >= 4 is 11.5 Å². The van der Waals surface area contributed by atoms with E-state index in [1.807, 2.05) is 13.8 Å². The van der Waals surface area contributed by atoms with Gasteiger partial charge in [0.1, 0.15) is 0 Å². The Morgan fingerprint density at radius 2 is 2.09 bits per heavy atom. The average molecular weight is 329 g/mol. The van der Waals surface area contributed by atoms with E-state index in [2.05, 4.69) is 4.98 Å². The van der Waals surface area contributed by atoms with Crippen molar-refractivity contribution in [1.82, 2.24) is 4.98 Å². The molecule has 23 heavy (non-hydrogen) atoms. The molecule has 0 bridgehead atoms. The van der Waals surface area contributed by atoms with Crippen molar-refractivity contribution in [2.24, 2.45) is 5.92 Å². The molecule has 1 atom stereocenters. The van der Waals surface area contributed by atoms with E-state index in [1.165, 1.54) is 12.1 Å². The summed E-state index contributed by atoms with van der Waals surface area (Å²) >= 11 is 0. The van der Waals surface area contributed by atoms with Gasteiger partial charge in [0.2, 0.25) is 0 Å². The topological polar surface area (TPSA) is 39.2 Å². The van der Waals surface area contributed by atoms with Gasteiger partial charge >= 0.3 is 12.1 Å². The molecule has 0 fully saturated rings. The van der Waals surface area contributed by atoms with Crippen LogP contribution in [0.1, 0.15) is 51.3 Å². The van der Waals surface area contributed by atoms with Gasteiger partial charge in [-0.25, -0.2) is 0 Å². The minimum Gasteiger partial charge on any atom is -0.466 e. The first kappa shape index (κ1) is 19.2. The number of aromatic nitrogens is 1. The zero-order chi connectivity index (χ0) is 17.5. The first-order valence-corrected chi connectivity index (χ1v) is 7.81. The molecule has 0 amide bonds. The van der Waals surface area contributed by atoms with Crippen LogP contribution in [0.15, 0.2) is 24.4 Å². The second kappa shape index (κ2) is 8.70. The van der Waals surface area contributed by atoms with Gasteiger partial charge < -0.3 is 4.74 Å². The van der Waals surface area contributed by atoms with Gasteiger partial charge in [0.05, 0.1) is 12.5 Å². The smallest absolute Gasteiger partial charge is 0.433 e. The molecule has 1 aromatic rings. The van der Waals surface area contributed by atoms with Crippen molar-refractivity contribution in [2.45, 2.75) is 46.2 Å². The number of nitrogens with zero attached hydrogens (tertiary/aromatic N) is 1.